The summed E-state index contributed by atoms with van der Waals surface area (Å²) >= 11 is 1.53. The monoisotopic (exact) mass is 413 g/mol. The summed E-state index contributed by atoms with van der Waals surface area (Å²) in [5.74, 6) is 1.13. The molecule has 0 saturated carbocycles. The maximum Gasteiger partial charge on any atom is 0.229 e. The predicted molar refractivity (Wildman–Crippen MR) is 112 cm³/mol. The van der Waals surface area contributed by atoms with Gasteiger partial charge in [0.2, 0.25) is 16.2 Å². The summed E-state index contributed by atoms with van der Waals surface area (Å²) in [4.78, 5) is 15.0. The van der Waals surface area contributed by atoms with Crippen molar-refractivity contribution in [2.45, 2.75) is 12.8 Å². The van der Waals surface area contributed by atoms with Crippen LogP contribution in [-0.2, 0) is 4.79 Å². The van der Waals surface area contributed by atoms with Crippen LogP contribution in [0.25, 0.3) is 5.13 Å². The number of nitrogens with one attached hydrogen (secondary N) is 1. The third kappa shape index (κ3) is 4.34. The molecule has 0 spiro atoms. The van der Waals surface area contributed by atoms with E-state index < -0.39 is 0 Å². The van der Waals surface area contributed by atoms with E-state index in [9.17, 15) is 4.79 Å². The lowest BCUT2D eigenvalue weighted by Crippen LogP contribution is -2.40. The number of methoxy groups -OCH3 is 2. The van der Waals surface area contributed by atoms with Crippen molar-refractivity contribution in [3.8, 4) is 16.6 Å². The highest BCUT2D eigenvalue weighted by Gasteiger charge is 2.28. The van der Waals surface area contributed by atoms with Gasteiger partial charge in [0, 0.05) is 49.4 Å². The topological polar surface area (TPSA) is 81.5 Å². The van der Waals surface area contributed by atoms with Crippen LogP contribution in [0.4, 0.5) is 10.8 Å². The molecule has 0 aliphatic carbocycles. The molecule has 1 atom stereocenters. The zero-order valence-corrected chi connectivity index (χ0v) is 17.2. The number of aromatic nitrogens is 3. The summed E-state index contributed by atoms with van der Waals surface area (Å²) < 4.78 is 12.5. The first-order valence-electron chi connectivity index (χ1n) is 9.42. The fourth-order valence-corrected chi connectivity index (χ4v) is 4.24. The second-order valence-corrected chi connectivity index (χ2v) is 7.77. The van der Waals surface area contributed by atoms with Crippen LogP contribution in [0.15, 0.2) is 42.7 Å². The molecule has 1 unspecified atom stereocenters. The molecule has 152 valence electrons. The second-order valence-electron chi connectivity index (χ2n) is 6.83. The van der Waals surface area contributed by atoms with Gasteiger partial charge in [-0.05, 0) is 25.0 Å². The minimum atomic E-state index is -0.125. The van der Waals surface area contributed by atoms with Crippen LogP contribution in [0.5, 0.6) is 11.5 Å². The van der Waals surface area contributed by atoms with Gasteiger partial charge in [0.15, 0.2) is 0 Å². The molecule has 3 aromatic rings. The third-order valence-corrected chi connectivity index (χ3v) is 5.91. The molecule has 1 N–H and O–H groups in total. The van der Waals surface area contributed by atoms with Crippen LogP contribution < -0.4 is 19.7 Å². The third-order valence-electron chi connectivity index (χ3n) is 4.91. The van der Waals surface area contributed by atoms with Gasteiger partial charge in [-0.1, -0.05) is 11.3 Å². The second kappa shape index (κ2) is 8.52. The van der Waals surface area contributed by atoms with Crippen LogP contribution in [-0.4, -0.2) is 48.0 Å². The van der Waals surface area contributed by atoms with Gasteiger partial charge in [0.1, 0.15) is 11.5 Å². The molecule has 9 heteroatoms. The first-order valence-corrected chi connectivity index (χ1v) is 10.2. The molecular formula is C20H23N5O3S. The molecule has 1 aliphatic rings. The Morgan fingerprint density at radius 2 is 1.79 bits per heavy atom. The fourth-order valence-electron chi connectivity index (χ4n) is 3.39. The van der Waals surface area contributed by atoms with Crippen LogP contribution in [0, 0.1) is 5.92 Å². The van der Waals surface area contributed by atoms with E-state index in [0.717, 1.165) is 29.6 Å². The number of nitrogens with zero attached hydrogens (tertiary/aromatic N) is 4. The molecule has 0 radical (unpaired) electrons. The first kappa shape index (κ1) is 19.3. The van der Waals surface area contributed by atoms with E-state index in [1.165, 1.54) is 11.3 Å². The number of carbonyl (C=O) groups is 1. The smallest absolute Gasteiger partial charge is 0.229 e. The van der Waals surface area contributed by atoms with Gasteiger partial charge in [-0.3, -0.25) is 9.36 Å². The van der Waals surface area contributed by atoms with E-state index >= 15 is 0 Å². The molecule has 0 bridgehead atoms. The van der Waals surface area contributed by atoms with Crippen LogP contribution in [0.1, 0.15) is 12.8 Å². The number of amides is 1. The Hall–Kier alpha value is -3.07. The zero-order valence-electron chi connectivity index (χ0n) is 16.4. The van der Waals surface area contributed by atoms with Crippen molar-refractivity contribution in [1.29, 1.82) is 0 Å². The van der Waals surface area contributed by atoms with Crippen LogP contribution in [0.3, 0.4) is 0 Å². The molecule has 1 fully saturated rings. The maximum absolute atomic E-state index is 12.9. The van der Waals surface area contributed by atoms with E-state index in [4.69, 9.17) is 9.47 Å². The van der Waals surface area contributed by atoms with E-state index in [1.54, 1.807) is 32.4 Å². The first-order chi connectivity index (χ1) is 14.2. The predicted octanol–water partition coefficient (Wildman–Crippen LogP) is 3.20. The van der Waals surface area contributed by atoms with Crippen molar-refractivity contribution in [2.75, 3.05) is 37.5 Å². The summed E-state index contributed by atoms with van der Waals surface area (Å²) in [5.41, 5.74) is 0.661. The van der Waals surface area contributed by atoms with E-state index in [1.807, 2.05) is 29.1 Å². The quantitative estimate of drug-likeness (QED) is 0.668. The van der Waals surface area contributed by atoms with Crippen molar-refractivity contribution < 1.29 is 14.3 Å². The molecular weight excluding hydrogens is 390 g/mol. The fraction of sp³-hybridized carbons (Fsp3) is 0.350. The Balaban J connectivity index is 1.44. The Kier molecular flexibility index (Phi) is 5.66. The van der Waals surface area contributed by atoms with Crippen molar-refractivity contribution in [3.05, 3.63) is 42.7 Å². The summed E-state index contributed by atoms with van der Waals surface area (Å²) in [6, 6.07) is 9.26. The number of rotatable bonds is 6. The van der Waals surface area contributed by atoms with E-state index in [0.29, 0.717) is 23.7 Å². The lowest BCUT2D eigenvalue weighted by atomic mass is 9.97. The summed E-state index contributed by atoms with van der Waals surface area (Å²) in [7, 11) is 3.17. The molecule has 1 amide bonds. The highest BCUT2D eigenvalue weighted by atomic mass is 32.1. The number of carbonyl (C=O) groups excluding carboxylic acids is 1. The van der Waals surface area contributed by atoms with Crippen molar-refractivity contribution in [1.82, 2.24) is 14.8 Å². The van der Waals surface area contributed by atoms with Crippen LogP contribution in [0.2, 0.25) is 0 Å². The van der Waals surface area contributed by atoms with Crippen molar-refractivity contribution >= 4 is 28.1 Å². The van der Waals surface area contributed by atoms with Gasteiger partial charge in [0.05, 0.1) is 20.1 Å². The van der Waals surface area contributed by atoms with Crippen LogP contribution >= 0.6 is 11.3 Å². The average Bonchev–Trinajstić information content (AvgIpc) is 3.45. The van der Waals surface area contributed by atoms with Crippen molar-refractivity contribution in [3.63, 3.8) is 0 Å². The molecule has 4 rings (SSSR count). The minimum absolute atomic E-state index is 0.0137. The summed E-state index contributed by atoms with van der Waals surface area (Å²) in [5, 5.41) is 13.3. The number of benzene rings is 1. The molecule has 1 aliphatic heterocycles. The number of hydrogen-bond acceptors (Lipinski definition) is 7. The molecule has 1 aromatic carbocycles. The van der Waals surface area contributed by atoms with E-state index in [-0.39, 0.29) is 11.8 Å². The molecule has 29 heavy (non-hydrogen) atoms. The van der Waals surface area contributed by atoms with Gasteiger partial charge in [-0.25, -0.2) is 0 Å². The largest absolute Gasteiger partial charge is 0.497 e. The van der Waals surface area contributed by atoms with Gasteiger partial charge in [0.25, 0.3) is 0 Å². The number of ether oxygens (including phenoxy) is 2. The summed E-state index contributed by atoms with van der Waals surface area (Å²) in [6.07, 6.45) is 5.66. The minimum Gasteiger partial charge on any atom is -0.497 e. The van der Waals surface area contributed by atoms with E-state index in [2.05, 4.69) is 20.4 Å². The van der Waals surface area contributed by atoms with Crippen molar-refractivity contribution in [2.24, 2.45) is 5.92 Å². The van der Waals surface area contributed by atoms with Gasteiger partial charge < -0.3 is 19.7 Å². The van der Waals surface area contributed by atoms with Gasteiger partial charge >= 0.3 is 0 Å². The average molecular weight is 414 g/mol. The maximum atomic E-state index is 12.9. The number of anilines is 2. The van der Waals surface area contributed by atoms with Gasteiger partial charge in [-0.2, -0.15) is 0 Å². The SMILES string of the molecule is COc1cc(NC(=O)C2CCCN(c3nnc(-n4cccc4)s3)C2)cc(OC)c1. The molecule has 8 nitrogen and oxygen atoms in total. The Bertz CT molecular complexity index is 950. The summed E-state index contributed by atoms with van der Waals surface area (Å²) in [6.45, 7) is 1.49. The molecule has 2 aromatic heterocycles. The lowest BCUT2D eigenvalue weighted by molar-refractivity contribution is -0.120. The Labute approximate surface area is 173 Å². The van der Waals surface area contributed by atoms with Gasteiger partial charge in [-0.15, -0.1) is 10.2 Å². The highest BCUT2D eigenvalue weighted by molar-refractivity contribution is 7.17. The zero-order chi connectivity index (χ0) is 20.2. The lowest BCUT2D eigenvalue weighted by Gasteiger charge is -2.31. The Morgan fingerprint density at radius 1 is 1.10 bits per heavy atom. The molecule has 3 heterocycles. The number of piperidine rings is 1. The highest BCUT2D eigenvalue weighted by Crippen LogP contribution is 2.30. The normalized spacial score (nSPS) is 16.5. The Morgan fingerprint density at radius 3 is 2.48 bits per heavy atom. The molecule has 1 saturated heterocycles. The number of hydrogen-bond donors (Lipinski definition) is 1. The standard InChI is InChI=1S/C20H23N5O3S/c1-27-16-10-15(11-17(12-16)28-2)21-18(26)14-6-5-9-25(13-14)20-23-22-19(29-20)24-7-3-4-8-24/h3-4,7-8,10-12,14H,5-6,9,13H2,1-2H3,(H,21,26).